The van der Waals surface area contributed by atoms with Gasteiger partial charge in [0.15, 0.2) is 5.76 Å². The number of nitriles is 1. The normalized spacial score (nSPS) is 11.5. The molecule has 27 heavy (non-hydrogen) atoms. The van der Waals surface area contributed by atoms with E-state index in [-0.39, 0.29) is 11.1 Å². The molecule has 4 aromatic rings. The fourth-order valence-corrected chi connectivity index (χ4v) is 2.80. The highest BCUT2D eigenvalue weighted by Gasteiger charge is 2.18. The average molecular weight is 357 g/mol. The quantitative estimate of drug-likeness (QED) is 0.324. The molecule has 0 spiro atoms. The number of H-pyrrole nitrogens is 1. The van der Waals surface area contributed by atoms with Gasteiger partial charge in [-0.1, -0.05) is 30.3 Å². The molecule has 5 nitrogen and oxygen atoms in total. The first-order valence-corrected chi connectivity index (χ1v) is 8.10. The molecule has 0 aliphatic carbocycles. The van der Waals surface area contributed by atoms with Gasteiger partial charge in [-0.05, 0) is 30.3 Å². The molecule has 1 N–H and O–H groups in total. The van der Waals surface area contributed by atoms with Crippen LogP contribution in [0.5, 0.6) is 0 Å². The van der Waals surface area contributed by atoms with Crippen LogP contribution in [0.1, 0.15) is 15.9 Å². The number of carbonyl (C=O) groups excluding carboxylic acids is 1. The molecule has 2 aromatic heterocycles. The molecule has 130 valence electrons. The third-order valence-corrected chi connectivity index (χ3v) is 4.12. The molecule has 0 aliphatic rings. The van der Waals surface area contributed by atoms with Gasteiger partial charge in [0.05, 0.1) is 11.8 Å². The topological polar surface area (TPSA) is 82.7 Å². The van der Waals surface area contributed by atoms with Crippen molar-refractivity contribution in [2.45, 2.75) is 0 Å². The van der Waals surface area contributed by atoms with E-state index in [1.807, 2.05) is 36.4 Å². The summed E-state index contributed by atoms with van der Waals surface area (Å²) in [5.41, 5.74) is 1.38. The number of nitrogens with zero attached hydrogens (tertiary/aromatic N) is 2. The number of fused-ring (bicyclic) bond motifs is 1. The van der Waals surface area contributed by atoms with Crippen molar-refractivity contribution in [2.75, 3.05) is 0 Å². The Morgan fingerprint density at radius 1 is 1.19 bits per heavy atom. The molecule has 0 radical (unpaired) electrons. The summed E-state index contributed by atoms with van der Waals surface area (Å²) in [6, 6.07) is 16.8. The zero-order valence-electron chi connectivity index (χ0n) is 13.9. The highest BCUT2D eigenvalue weighted by atomic mass is 19.1. The van der Waals surface area contributed by atoms with E-state index in [4.69, 9.17) is 4.42 Å². The Morgan fingerprint density at radius 3 is 2.74 bits per heavy atom. The van der Waals surface area contributed by atoms with E-state index >= 15 is 0 Å². The number of hydrogen-bond acceptors (Lipinski definition) is 4. The fourth-order valence-electron chi connectivity index (χ4n) is 2.80. The van der Waals surface area contributed by atoms with E-state index in [0.29, 0.717) is 22.6 Å². The summed E-state index contributed by atoms with van der Waals surface area (Å²) in [4.78, 5) is 12.5. The molecule has 0 saturated heterocycles. The molecule has 0 bridgehead atoms. The number of para-hydroxylation sites is 1. The number of carbonyl (C=O) groups is 1. The minimum absolute atomic E-state index is 0.154. The minimum Gasteiger partial charge on any atom is -0.454 e. The Morgan fingerprint density at radius 2 is 1.96 bits per heavy atom. The Labute approximate surface area is 153 Å². The lowest BCUT2D eigenvalue weighted by molar-refractivity contribution is 0.103. The van der Waals surface area contributed by atoms with E-state index in [9.17, 15) is 14.4 Å². The number of benzene rings is 2. The molecule has 0 aliphatic heterocycles. The van der Waals surface area contributed by atoms with Gasteiger partial charge in [-0.15, -0.1) is 0 Å². The summed E-state index contributed by atoms with van der Waals surface area (Å²) < 4.78 is 19.7. The van der Waals surface area contributed by atoms with Gasteiger partial charge >= 0.3 is 0 Å². The molecule has 0 amide bonds. The predicted octanol–water partition coefficient (Wildman–Crippen LogP) is 4.75. The number of rotatable bonds is 4. The molecular formula is C21H12FN3O2. The van der Waals surface area contributed by atoms with E-state index in [0.717, 1.165) is 5.39 Å². The van der Waals surface area contributed by atoms with Crippen LogP contribution in [-0.4, -0.2) is 16.0 Å². The van der Waals surface area contributed by atoms with Crippen LogP contribution in [0, 0.1) is 17.1 Å². The van der Waals surface area contributed by atoms with Gasteiger partial charge in [0.2, 0.25) is 5.78 Å². The molecule has 0 unspecified atom stereocenters. The van der Waals surface area contributed by atoms with Crippen LogP contribution in [0.25, 0.3) is 28.5 Å². The van der Waals surface area contributed by atoms with Crippen molar-refractivity contribution in [1.82, 2.24) is 10.2 Å². The lowest BCUT2D eigenvalue weighted by Crippen LogP contribution is -2.04. The standard InChI is InChI=1S/C21H12FN3O2/c22-17-7-3-2-6-16(17)21(26)14(11-23)9-15-12-24-25-20(15)19-10-13-5-1-4-8-18(13)27-19/h1-10,12H,(H,24,25)/b14-9-. The summed E-state index contributed by atoms with van der Waals surface area (Å²) in [5, 5.41) is 17.1. The first kappa shape index (κ1) is 16.5. The summed E-state index contributed by atoms with van der Waals surface area (Å²) in [6.07, 6.45) is 2.86. The number of aromatic amines is 1. The highest BCUT2D eigenvalue weighted by molar-refractivity contribution is 6.14. The number of Topliss-reactive ketones (excluding diaryl/α,β-unsaturated/α-hetero) is 1. The van der Waals surface area contributed by atoms with E-state index in [2.05, 4.69) is 10.2 Å². The number of halogens is 1. The van der Waals surface area contributed by atoms with Crippen molar-refractivity contribution < 1.29 is 13.6 Å². The number of nitrogens with one attached hydrogen (secondary N) is 1. The lowest BCUT2D eigenvalue weighted by Gasteiger charge is -2.01. The van der Waals surface area contributed by atoms with Crippen molar-refractivity contribution in [3.8, 4) is 17.5 Å². The second kappa shape index (κ2) is 6.73. The van der Waals surface area contributed by atoms with Crippen molar-refractivity contribution in [3.05, 3.63) is 83.3 Å². The van der Waals surface area contributed by atoms with Gasteiger partial charge < -0.3 is 4.42 Å². The molecule has 4 rings (SSSR count). The van der Waals surface area contributed by atoms with Crippen molar-refractivity contribution in [1.29, 1.82) is 5.26 Å². The van der Waals surface area contributed by atoms with Crippen molar-refractivity contribution in [3.63, 3.8) is 0 Å². The molecule has 2 aromatic carbocycles. The van der Waals surface area contributed by atoms with Crippen LogP contribution in [0.15, 0.2) is 70.8 Å². The smallest absolute Gasteiger partial charge is 0.206 e. The molecular weight excluding hydrogens is 345 g/mol. The van der Waals surface area contributed by atoms with E-state index in [1.165, 1.54) is 30.5 Å². The molecule has 0 saturated carbocycles. The fraction of sp³-hybridized carbons (Fsp3) is 0. The first-order chi connectivity index (χ1) is 13.2. The number of aromatic nitrogens is 2. The van der Waals surface area contributed by atoms with Gasteiger partial charge in [-0.25, -0.2) is 4.39 Å². The second-order valence-corrected chi connectivity index (χ2v) is 5.83. The first-order valence-electron chi connectivity index (χ1n) is 8.10. The Balaban J connectivity index is 1.76. The third kappa shape index (κ3) is 3.02. The SMILES string of the molecule is N#C/C(=C/c1cn[nH]c1-c1cc2ccccc2o1)C(=O)c1ccccc1F. The lowest BCUT2D eigenvalue weighted by atomic mass is 10.0. The van der Waals surface area contributed by atoms with Gasteiger partial charge in [0.25, 0.3) is 0 Å². The van der Waals surface area contributed by atoms with Crippen molar-refractivity contribution in [2.24, 2.45) is 0 Å². The molecule has 0 atom stereocenters. The summed E-state index contributed by atoms with van der Waals surface area (Å²) >= 11 is 0. The van der Waals surface area contributed by atoms with E-state index in [1.54, 1.807) is 6.07 Å². The third-order valence-electron chi connectivity index (χ3n) is 4.12. The van der Waals surface area contributed by atoms with Gasteiger partial charge in [0, 0.05) is 10.9 Å². The van der Waals surface area contributed by atoms with Crippen LogP contribution in [0.3, 0.4) is 0 Å². The van der Waals surface area contributed by atoms with Gasteiger partial charge in [-0.3, -0.25) is 9.89 Å². The van der Waals surface area contributed by atoms with Crippen LogP contribution in [0.2, 0.25) is 0 Å². The van der Waals surface area contributed by atoms with Crippen LogP contribution in [0.4, 0.5) is 4.39 Å². The Kier molecular flexibility index (Phi) is 4.11. The number of ketones is 1. The maximum absolute atomic E-state index is 13.9. The zero-order valence-corrected chi connectivity index (χ0v) is 13.9. The maximum Gasteiger partial charge on any atom is 0.206 e. The number of furan rings is 1. The monoisotopic (exact) mass is 357 g/mol. The van der Waals surface area contributed by atoms with Crippen molar-refractivity contribution >= 4 is 22.8 Å². The van der Waals surface area contributed by atoms with E-state index < -0.39 is 11.6 Å². The average Bonchev–Trinajstić information content (AvgIpc) is 3.32. The van der Waals surface area contributed by atoms with Crippen LogP contribution >= 0.6 is 0 Å². The summed E-state index contributed by atoms with van der Waals surface area (Å²) in [5.74, 6) is -0.837. The summed E-state index contributed by atoms with van der Waals surface area (Å²) in [7, 11) is 0. The zero-order chi connectivity index (χ0) is 18.8. The molecule has 6 heteroatoms. The number of allylic oxidation sites excluding steroid dienone is 1. The number of hydrogen-bond donors (Lipinski definition) is 1. The van der Waals surface area contributed by atoms with Crippen LogP contribution in [-0.2, 0) is 0 Å². The highest BCUT2D eigenvalue weighted by Crippen LogP contribution is 2.29. The minimum atomic E-state index is -0.688. The predicted molar refractivity (Wildman–Crippen MR) is 98.1 cm³/mol. The van der Waals surface area contributed by atoms with Gasteiger partial charge in [0.1, 0.15) is 28.7 Å². The Bertz CT molecular complexity index is 1190. The largest absolute Gasteiger partial charge is 0.454 e. The Hall–Kier alpha value is -3.98. The van der Waals surface area contributed by atoms with Gasteiger partial charge in [-0.2, -0.15) is 10.4 Å². The molecule has 0 fully saturated rings. The summed E-state index contributed by atoms with van der Waals surface area (Å²) in [6.45, 7) is 0. The second-order valence-electron chi connectivity index (χ2n) is 5.83. The molecule has 2 heterocycles. The van der Waals surface area contributed by atoms with Crippen LogP contribution < -0.4 is 0 Å². The maximum atomic E-state index is 13.9.